The number of anilines is 1. The summed E-state index contributed by atoms with van der Waals surface area (Å²) >= 11 is 3.25. The maximum Gasteiger partial charge on any atom is 0.337 e. The Morgan fingerprint density at radius 3 is 2.62 bits per heavy atom. The SMILES string of the molecule is COC(=O)c1ccc(F)c(NCc2cc(Br)ccc2F)c1. The van der Waals surface area contributed by atoms with Crippen molar-refractivity contribution < 1.29 is 18.3 Å². The number of benzene rings is 2. The van der Waals surface area contributed by atoms with Crippen molar-refractivity contribution in [2.24, 2.45) is 0 Å². The van der Waals surface area contributed by atoms with Gasteiger partial charge in [0.05, 0.1) is 18.4 Å². The summed E-state index contributed by atoms with van der Waals surface area (Å²) in [5.74, 6) is -1.49. The zero-order chi connectivity index (χ0) is 15.4. The smallest absolute Gasteiger partial charge is 0.337 e. The van der Waals surface area contributed by atoms with E-state index in [1.807, 2.05) is 0 Å². The predicted octanol–water partition coefficient (Wildman–Crippen LogP) is 4.13. The number of hydrogen-bond acceptors (Lipinski definition) is 3. The first-order chi connectivity index (χ1) is 10.0. The Morgan fingerprint density at radius 2 is 1.90 bits per heavy atom. The van der Waals surface area contributed by atoms with Gasteiger partial charge in [-0.3, -0.25) is 0 Å². The van der Waals surface area contributed by atoms with E-state index in [0.29, 0.717) is 5.56 Å². The third kappa shape index (κ3) is 3.78. The highest BCUT2D eigenvalue weighted by molar-refractivity contribution is 9.10. The molecule has 2 aromatic carbocycles. The number of carbonyl (C=O) groups excluding carboxylic acids is 1. The van der Waals surface area contributed by atoms with Crippen LogP contribution in [0.5, 0.6) is 0 Å². The number of ether oxygens (including phenoxy) is 1. The fraction of sp³-hybridized carbons (Fsp3) is 0.133. The molecule has 0 radical (unpaired) electrons. The molecule has 1 N–H and O–H groups in total. The van der Waals surface area contributed by atoms with Crippen LogP contribution in [0.25, 0.3) is 0 Å². The first kappa shape index (κ1) is 15.4. The fourth-order valence-corrected chi connectivity index (χ4v) is 2.18. The van der Waals surface area contributed by atoms with Crippen LogP contribution in [0.2, 0.25) is 0 Å². The normalized spacial score (nSPS) is 10.3. The first-order valence-corrected chi connectivity index (χ1v) is 6.86. The lowest BCUT2D eigenvalue weighted by Gasteiger charge is -2.10. The van der Waals surface area contributed by atoms with E-state index in [0.717, 1.165) is 10.5 Å². The molecule has 0 spiro atoms. The minimum absolute atomic E-state index is 0.0901. The Hall–Kier alpha value is -1.95. The first-order valence-electron chi connectivity index (χ1n) is 6.07. The molecule has 2 rings (SSSR count). The van der Waals surface area contributed by atoms with Crippen LogP contribution < -0.4 is 5.32 Å². The lowest BCUT2D eigenvalue weighted by atomic mass is 10.1. The van der Waals surface area contributed by atoms with Gasteiger partial charge < -0.3 is 10.1 Å². The van der Waals surface area contributed by atoms with Crippen LogP contribution in [-0.4, -0.2) is 13.1 Å². The lowest BCUT2D eigenvalue weighted by Crippen LogP contribution is -2.06. The van der Waals surface area contributed by atoms with E-state index in [9.17, 15) is 13.6 Å². The van der Waals surface area contributed by atoms with Crippen molar-refractivity contribution >= 4 is 27.6 Å². The molecular formula is C15H12BrF2NO2. The molecule has 0 heterocycles. The number of halogens is 3. The maximum absolute atomic E-state index is 13.7. The number of carbonyl (C=O) groups is 1. The largest absolute Gasteiger partial charge is 0.465 e. The van der Waals surface area contributed by atoms with Gasteiger partial charge in [-0.2, -0.15) is 0 Å². The zero-order valence-electron chi connectivity index (χ0n) is 11.1. The monoisotopic (exact) mass is 355 g/mol. The molecule has 0 aliphatic heterocycles. The van der Waals surface area contributed by atoms with Gasteiger partial charge in [-0.15, -0.1) is 0 Å². The van der Waals surface area contributed by atoms with Crippen molar-refractivity contribution in [3.63, 3.8) is 0 Å². The lowest BCUT2D eigenvalue weighted by molar-refractivity contribution is 0.0600. The fourth-order valence-electron chi connectivity index (χ4n) is 1.77. The van der Waals surface area contributed by atoms with Crippen molar-refractivity contribution in [2.75, 3.05) is 12.4 Å². The number of rotatable bonds is 4. The van der Waals surface area contributed by atoms with Crippen LogP contribution in [-0.2, 0) is 11.3 Å². The topological polar surface area (TPSA) is 38.3 Å². The average Bonchev–Trinajstić information content (AvgIpc) is 2.48. The second kappa shape index (κ2) is 6.67. The van der Waals surface area contributed by atoms with Crippen LogP contribution >= 0.6 is 15.9 Å². The molecule has 0 aliphatic rings. The summed E-state index contributed by atoms with van der Waals surface area (Å²) in [6, 6.07) is 8.32. The minimum Gasteiger partial charge on any atom is -0.465 e. The Bertz CT molecular complexity index is 677. The highest BCUT2D eigenvalue weighted by Crippen LogP contribution is 2.20. The quantitative estimate of drug-likeness (QED) is 0.838. The summed E-state index contributed by atoms with van der Waals surface area (Å²) < 4.78 is 32.6. The number of nitrogens with one attached hydrogen (secondary N) is 1. The summed E-state index contributed by atoms with van der Waals surface area (Å²) in [5.41, 5.74) is 0.709. The van der Waals surface area contributed by atoms with Gasteiger partial charge in [-0.05, 0) is 36.4 Å². The van der Waals surface area contributed by atoms with Gasteiger partial charge in [0.25, 0.3) is 0 Å². The third-order valence-electron chi connectivity index (χ3n) is 2.86. The Labute approximate surface area is 129 Å². The van der Waals surface area contributed by atoms with Crippen LogP contribution in [0.15, 0.2) is 40.9 Å². The summed E-state index contributed by atoms with van der Waals surface area (Å²) in [6.07, 6.45) is 0. The highest BCUT2D eigenvalue weighted by atomic mass is 79.9. The number of methoxy groups -OCH3 is 1. The van der Waals surface area contributed by atoms with Crippen molar-refractivity contribution in [3.8, 4) is 0 Å². The van der Waals surface area contributed by atoms with E-state index in [2.05, 4.69) is 26.0 Å². The van der Waals surface area contributed by atoms with Crippen LogP contribution in [0.3, 0.4) is 0 Å². The Morgan fingerprint density at radius 1 is 1.19 bits per heavy atom. The van der Waals surface area contributed by atoms with Crippen molar-refractivity contribution in [1.29, 1.82) is 0 Å². The van der Waals surface area contributed by atoms with Gasteiger partial charge in [0.1, 0.15) is 11.6 Å². The minimum atomic E-state index is -0.563. The van der Waals surface area contributed by atoms with Gasteiger partial charge >= 0.3 is 5.97 Å². The molecule has 0 saturated heterocycles. The molecule has 0 fully saturated rings. The molecular weight excluding hydrogens is 344 g/mol. The summed E-state index contributed by atoms with van der Waals surface area (Å²) in [5, 5.41) is 2.77. The molecule has 3 nitrogen and oxygen atoms in total. The molecule has 0 unspecified atom stereocenters. The molecule has 0 atom stereocenters. The predicted molar refractivity (Wildman–Crippen MR) is 79.2 cm³/mol. The van der Waals surface area contributed by atoms with Gasteiger partial charge in [-0.1, -0.05) is 15.9 Å². The van der Waals surface area contributed by atoms with Crippen molar-refractivity contribution in [3.05, 3.63) is 63.6 Å². The summed E-state index contributed by atoms with van der Waals surface area (Å²) in [4.78, 5) is 11.4. The molecule has 0 aliphatic carbocycles. The van der Waals surface area contributed by atoms with Crippen LogP contribution in [0, 0.1) is 11.6 Å². The van der Waals surface area contributed by atoms with E-state index in [1.165, 1.54) is 25.3 Å². The van der Waals surface area contributed by atoms with E-state index in [4.69, 9.17) is 0 Å². The standard InChI is InChI=1S/C15H12BrF2NO2/c1-21-15(20)9-2-4-13(18)14(7-9)19-8-10-6-11(16)3-5-12(10)17/h2-7,19H,8H2,1H3. The zero-order valence-corrected chi connectivity index (χ0v) is 12.7. The van der Waals surface area contributed by atoms with E-state index >= 15 is 0 Å². The van der Waals surface area contributed by atoms with Gasteiger partial charge in [0, 0.05) is 16.6 Å². The molecule has 21 heavy (non-hydrogen) atoms. The van der Waals surface area contributed by atoms with Gasteiger partial charge in [0.15, 0.2) is 0 Å². The molecule has 0 aromatic heterocycles. The van der Waals surface area contributed by atoms with E-state index in [-0.39, 0.29) is 17.8 Å². The molecule has 6 heteroatoms. The van der Waals surface area contributed by atoms with Gasteiger partial charge in [-0.25, -0.2) is 13.6 Å². The Balaban J connectivity index is 2.19. The van der Waals surface area contributed by atoms with Crippen molar-refractivity contribution in [1.82, 2.24) is 0 Å². The molecule has 2 aromatic rings. The molecule has 0 bridgehead atoms. The second-order valence-electron chi connectivity index (χ2n) is 4.28. The van der Waals surface area contributed by atoms with Crippen molar-refractivity contribution in [2.45, 2.75) is 6.54 Å². The molecule has 0 amide bonds. The summed E-state index contributed by atoms with van der Waals surface area (Å²) in [6.45, 7) is 0.0901. The summed E-state index contributed by atoms with van der Waals surface area (Å²) in [7, 11) is 1.25. The average molecular weight is 356 g/mol. The molecule has 110 valence electrons. The van der Waals surface area contributed by atoms with E-state index in [1.54, 1.807) is 12.1 Å². The van der Waals surface area contributed by atoms with Gasteiger partial charge in [0.2, 0.25) is 0 Å². The van der Waals surface area contributed by atoms with E-state index < -0.39 is 17.6 Å². The maximum atomic E-state index is 13.7. The van der Waals surface area contributed by atoms with Crippen LogP contribution in [0.1, 0.15) is 15.9 Å². The highest BCUT2D eigenvalue weighted by Gasteiger charge is 2.10. The number of hydrogen-bond donors (Lipinski definition) is 1. The van der Waals surface area contributed by atoms with Crippen LogP contribution in [0.4, 0.5) is 14.5 Å². The number of esters is 1. The molecule has 0 saturated carbocycles. The Kier molecular flexibility index (Phi) is 4.90. The second-order valence-corrected chi connectivity index (χ2v) is 5.19. The third-order valence-corrected chi connectivity index (χ3v) is 3.36.